The highest BCUT2D eigenvalue weighted by atomic mass is 16.2. The summed E-state index contributed by atoms with van der Waals surface area (Å²) in [5.74, 6) is -0.104. The number of carbonyl (C=O) groups excluding carboxylic acids is 1. The predicted octanol–water partition coefficient (Wildman–Crippen LogP) is 3.82. The Morgan fingerprint density at radius 2 is 1.94 bits per heavy atom. The Bertz CT molecular complexity index is 1290. The fourth-order valence-electron chi connectivity index (χ4n) is 3.90. The Labute approximate surface area is 181 Å². The molecule has 6 heteroatoms. The molecule has 0 spiro atoms. The number of aryl methyl sites for hydroxylation is 3. The van der Waals surface area contributed by atoms with Crippen molar-refractivity contribution in [3.63, 3.8) is 0 Å². The topological polar surface area (TPSA) is 68.9 Å². The van der Waals surface area contributed by atoms with Crippen LogP contribution in [0.15, 0.2) is 59.7 Å². The number of carbonyl (C=O) groups is 1. The Hall–Kier alpha value is -3.41. The molecular weight excluding hydrogens is 388 g/mol. The maximum absolute atomic E-state index is 13.5. The van der Waals surface area contributed by atoms with Crippen LogP contribution in [0.25, 0.3) is 21.9 Å². The minimum atomic E-state index is -0.119. The van der Waals surface area contributed by atoms with Gasteiger partial charge in [0, 0.05) is 18.0 Å². The molecule has 0 bridgehead atoms. The van der Waals surface area contributed by atoms with Crippen LogP contribution in [-0.2, 0) is 24.3 Å². The Balaban J connectivity index is 1.79. The van der Waals surface area contributed by atoms with Crippen molar-refractivity contribution >= 4 is 27.8 Å². The maximum atomic E-state index is 13.5. The first-order valence-electron chi connectivity index (χ1n) is 10.8. The minimum Gasteiger partial charge on any atom is -0.352 e. The van der Waals surface area contributed by atoms with E-state index in [4.69, 9.17) is 0 Å². The van der Waals surface area contributed by atoms with Gasteiger partial charge in [0.15, 0.2) is 0 Å². The highest BCUT2D eigenvalue weighted by Crippen LogP contribution is 2.26. The second-order valence-electron chi connectivity index (χ2n) is 8.16. The molecule has 2 heterocycles. The number of hydrogen-bond acceptors (Lipinski definition) is 3. The van der Waals surface area contributed by atoms with Crippen LogP contribution in [0.1, 0.15) is 31.4 Å². The van der Waals surface area contributed by atoms with Gasteiger partial charge in [-0.1, -0.05) is 48.9 Å². The van der Waals surface area contributed by atoms with Crippen molar-refractivity contribution < 1.29 is 4.79 Å². The first kappa shape index (κ1) is 20.8. The summed E-state index contributed by atoms with van der Waals surface area (Å²) < 4.78 is 3.46. The number of rotatable bonds is 7. The van der Waals surface area contributed by atoms with E-state index in [1.807, 2.05) is 61.7 Å². The standard InChI is InChI=1S/C25H28N4O2/c1-4-18(3)27-22(30)15-29-21-11-10-17(2)14-20(21)23-24(29)25(31)28(16-26-23)13-12-19-8-6-5-7-9-19/h5-11,14,16,18H,4,12-13,15H2,1-3H3,(H,27,30). The van der Waals surface area contributed by atoms with Crippen LogP contribution < -0.4 is 10.9 Å². The largest absolute Gasteiger partial charge is 0.352 e. The van der Waals surface area contributed by atoms with E-state index < -0.39 is 0 Å². The number of amides is 1. The van der Waals surface area contributed by atoms with E-state index in [2.05, 4.69) is 22.4 Å². The lowest BCUT2D eigenvalue weighted by Gasteiger charge is -2.13. The second kappa shape index (κ2) is 8.76. The SMILES string of the molecule is CCC(C)NC(=O)Cn1c2ccc(C)cc2c2ncn(CCc3ccccc3)c(=O)c21. The lowest BCUT2D eigenvalue weighted by atomic mass is 10.1. The van der Waals surface area contributed by atoms with Crippen molar-refractivity contribution in [3.05, 3.63) is 76.3 Å². The van der Waals surface area contributed by atoms with E-state index in [1.54, 1.807) is 10.9 Å². The van der Waals surface area contributed by atoms with Crippen molar-refractivity contribution in [2.24, 2.45) is 0 Å². The molecule has 4 aromatic rings. The fraction of sp³-hybridized carbons (Fsp3) is 0.320. The average molecular weight is 417 g/mol. The number of aromatic nitrogens is 3. The zero-order chi connectivity index (χ0) is 22.0. The number of benzene rings is 2. The molecule has 4 rings (SSSR count). The third kappa shape index (κ3) is 4.24. The van der Waals surface area contributed by atoms with Crippen LogP contribution in [0.3, 0.4) is 0 Å². The third-order valence-corrected chi connectivity index (χ3v) is 5.79. The van der Waals surface area contributed by atoms with Crippen molar-refractivity contribution in [2.75, 3.05) is 0 Å². The first-order valence-corrected chi connectivity index (χ1v) is 10.8. The number of hydrogen-bond donors (Lipinski definition) is 1. The van der Waals surface area contributed by atoms with Crippen LogP contribution in [0, 0.1) is 6.92 Å². The summed E-state index contributed by atoms with van der Waals surface area (Å²) in [7, 11) is 0. The minimum absolute atomic E-state index is 0.0866. The summed E-state index contributed by atoms with van der Waals surface area (Å²) in [6, 6.07) is 16.2. The van der Waals surface area contributed by atoms with E-state index in [-0.39, 0.29) is 24.1 Å². The van der Waals surface area contributed by atoms with Gasteiger partial charge in [-0.05, 0) is 44.4 Å². The van der Waals surface area contributed by atoms with Crippen LogP contribution in [-0.4, -0.2) is 26.1 Å². The van der Waals surface area contributed by atoms with Gasteiger partial charge >= 0.3 is 0 Å². The van der Waals surface area contributed by atoms with E-state index in [1.165, 1.54) is 5.56 Å². The van der Waals surface area contributed by atoms with Gasteiger partial charge in [-0.3, -0.25) is 14.2 Å². The molecule has 1 atom stereocenters. The quantitative estimate of drug-likeness (QED) is 0.498. The Morgan fingerprint density at radius 1 is 1.16 bits per heavy atom. The summed E-state index contributed by atoms with van der Waals surface area (Å²) in [5.41, 5.74) is 4.12. The van der Waals surface area contributed by atoms with Gasteiger partial charge in [-0.25, -0.2) is 4.98 Å². The van der Waals surface area contributed by atoms with Crippen molar-refractivity contribution in [2.45, 2.75) is 52.7 Å². The monoisotopic (exact) mass is 416 g/mol. The summed E-state index contributed by atoms with van der Waals surface area (Å²) in [6.07, 6.45) is 3.21. The molecular formula is C25H28N4O2. The van der Waals surface area contributed by atoms with Crippen molar-refractivity contribution in [3.8, 4) is 0 Å². The van der Waals surface area contributed by atoms with E-state index in [0.717, 1.165) is 29.3 Å². The molecule has 2 aromatic carbocycles. The maximum Gasteiger partial charge on any atom is 0.277 e. The molecule has 160 valence electrons. The van der Waals surface area contributed by atoms with Gasteiger partial charge in [-0.2, -0.15) is 0 Å². The van der Waals surface area contributed by atoms with E-state index in [9.17, 15) is 9.59 Å². The zero-order valence-electron chi connectivity index (χ0n) is 18.3. The van der Waals surface area contributed by atoms with E-state index in [0.29, 0.717) is 17.6 Å². The average Bonchev–Trinajstić information content (AvgIpc) is 3.07. The van der Waals surface area contributed by atoms with Gasteiger partial charge in [0.1, 0.15) is 17.6 Å². The summed E-state index contributed by atoms with van der Waals surface area (Å²) >= 11 is 0. The highest BCUT2D eigenvalue weighted by molar-refractivity contribution is 6.06. The lowest BCUT2D eigenvalue weighted by Crippen LogP contribution is -2.35. The molecule has 1 amide bonds. The molecule has 0 saturated carbocycles. The molecule has 0 aliphatic carbocycles. The zero-order valence-corrected chi connectivity index (χ0v) is 18.3. The van der Waals surface area contributed by atoms with Crippen LogP contribution in [0.2, 0.25) is 0 Å². The molecule has 2 aromatic heterocycles. The van der Waals surface area contributed by atoms with Gasteiger partial charge in [0.2, 0.25) is 5.91 Å². The van der Waals surface area contributed by atoms with Crippen molar-refractivity contribution in [1.82, 2.24) is 19.4 Å². The number of nitrogens with one attached hydrogen (secondary N) is 1. The van der Waals surface area contributed by atoms with Gasteiger partial charge in [-0.15, -0.1) is 0 Å². The van der Waals surface area contributed by atoms with Gasteiger partial charge < -0.3 is 9.88 Å². The molecule has 0 aliphatic rings. The van der Waals surface area contributed by atoms with Gasteiger partial charge in [0.05, 0.1) is 11.8 Å². The smallest absolute Gasteiger partial charge is 0.277 e. The van der Waals surface area contributed by atoms with Crippen LogP contribution in [0.5, 0.6) is 0 Å². The summed E-state index contributed by atoms with van der Waals surface area (Å²) in [5, 5.41) is 3.90. The number of nitrogens with zero attached hydrogens (tertiary/aromatic N) is 3. The first-order chi connectivity index (χ1) is 15.0. The molecule has 0 fully saturated rings. The van der Waals surface area contributed by atoms with Crippen LogP contribution in [0.4, 0.5) is 0 Å². The predicted molar refractivity (Wildman–Crippen MR) is 124 cm³/mol. The molecule has 6 nitrogen and oxygen atoms in total. The normalized spacial score (nSPS) is 12.4. The molecule has 0 radical (unpaired) electrons. The van der Waals surface area contributed by atoms with Crippen molar-refractivity contribution in [1.29, 1.82) is 0 Å². The third-order valence-electron chi connectivity index (χ3n) is 5.79. The second-order valence-corrected chi connectivity index (χ2v) is 8.16. The number of fused-ring (bicyclic) bond motifs is 3. The fourth-order valence-corrected chi connectivity index (χ4v) is 3.90. The van der Waals surface area contributed by atoms with Crippen LogP contribution >= 0.6 is 0 Å². The Morgan fingerprint density at radius 3 is 2.68 bits per heavy atom. The molecule has 31 heavy (non-hydrogen) atoms. The molecule has 0 saturated heterocycles. The highest BCUT2D eigenvalue weighted by Gasteiger charge is 2.19. The Kier molecular flexibility index (Phi) is 5.89. The van der Waals surface area contributed by atoms with E-state index >= 15 is 0 Å². The summed E-state index contributed by atoms with van der Waals surface area (Å²) in [4.78, 5) is 30.8. The summed E-state index contributed by atoms with van der Waals surface area (Å²) in [6.45, 7) is 6.65. The van der Waals surface area contributed by atoms with Gasteiger partial charge in [0.25, 0.3) is 5.56 Å². The lowest BCUT2D eigenvalue weighted by molar-refractivity contribution is -0.122. The molecule has 1 unspecified atom stereocenters. The molecule has 0 aliphatic heterocycles. The molecule has 1 N–H and O–H groups in total.